The van der Waals surface area contributed by atoms with Gasteiger partial charge in [0.05, 0.1) is 11.3 Å². The molecule has 2 saturated carbocycles. The largest absolute Gasteiger partial charge is 0.481 e. The Morgan fingerprint density at radius 3 is 2.45 bits per heavy atom. The van der Waals surface area contributed by atoms with Crippen molar-refractivity contribution in [1.82, 2.24) is 4.90 Å². The number of amides is 2. The molecule has 1 saturated heterocycles. The molecule has 3 fully saturated rings. The zero-order valence-electron chi connectivity index (χ0n) is 11.6. The van der Waals surface area contributed by atoms with E-state index in [0.29, 0.717) is 25.7 Å². The molecule has 1 N–H and O–H groups in total. The SMILES string of the molecule is O=C(O)[C@@H]1CC[C@H](N2C(=O)CC3(CCCCC3)C2=O)C1. The monoisotopic (exact) mass is 279 g/mol. The molecule has 5 heteroatoms. The molecule has 2 aliphatic carbocycles. The Balaban J connectivity index is 1.76. The van der Waals surface area contributed by atoms with Crippen LogP contribution in [-0.2, 0) is 14.4 Å². The van der Waals surface area contributed by atoms with Crippen LogP contribution in [0.3, 0.4) is 0 Å². The highest BCUT2D eigenvalue weighted by molar-refractivity contribution is 6.06. The van der Waals surface area contributed by atoms with Crippen LogP contribution in [0.15, 0.2) is 0 Å². The molecule has 1 spiro atoms. The van der Waals surface area contributed by atoms with Gasteiger partial charge < -0.3 is 5.11 Å². The van der Waals surface area contributed by atoms with Crippen molar-refractivity contribution in [2.24, 2.45) is 11.3 Å². The zero-order valence-corrected chi connectivity index (χ0v) is 11.6. The summed E-state index contributed by atoms with van der Waals surface area (Å²) in [5, 5.41) is 9.06. The summed E-state index contributed by atoms with van der Waals surface area (Å²) in [4.78, 5) is 37.5. The minimum absolute atomic E-state index is 0.0155. The molecule has 0 aromatic carbocycles. The van der Waals surface area contributed by atoms with Crippen LogP contribution in [-0.4, -0.2) is 33.8 Å². The highest BCUT2D eigenvalue weighted by Crippen LogP contribution is 2.47. The van der Waals surface area contributed by atoms with Gasteiger partial charge in [-0.2, -0.15) is 0 Å². The smallest absolute Gasteiger partial charge is 0.306 e. The molecule has 20 heavy (non-hydrogen) atoms. The number of aliphatic carboxylic acids is 1. The van der Waals surface area contributed by atoms with Crippen LogP contribution in [0.2, 0.25) is 0 Å². The number of hydrogen-bond acceptors (Lipinski definition) is 3. The summed E-state index contributed by atoms with van der Waals surface area (Å²) in [6.07, 6.45) is 6.84. The average molecular weight is 279 g/mol. The van der Waals surface area contributed by atoms with E-state index in [1.807, 2.05) is 0 Å². The van der Waals surface area contributed by atoms with Crippen LogP contribution >= 0.6 is 0 Å². The first-order valence-corrected chi connectivity index (χ1v) is 7.63. The lowest BCUT2D eigenvalue weighted by Crippen LogP contribution is -2.42. The van der Waals surface area contributed by atoms with Crippen molar-refractivity contribution in [2.45, 2.75) is 63.8 Å². The Kier molecular flexibility index (Phi) is 3.30. The van der Waals surface area contributed by atoms with Crippen LogP contribution in [0.4, 0.5) is 0 Å². The molecular formula is C15H21NO4. The van der Waals surface area contributed by atoms with E-state index in [4.69, 9.17) is 5.11 Å². The summed E-state index contributed by atoms with van der Waals surface area (Å²) in [6.45, 7) is 0. The van der Waals surface area contributed by atoms with E-state index in [1.54, 1.807) is 0 Å². The fraction of sp³-hybridized carbons (Fsp3) is 0.800. The van der Waals surface area contributed by atoms with Crippen LogP contribution in [0, 0.1) is 11.3 Å². The first kappa shape index (κ1) is 13.6. The molecule has 3 rings (SSSR count). The maximum absolute atomic E-state index is 12.7. The lowest BCUT2D eigenvalue weighted by Gasteiger charge is -2.31. The molecule has 2 amide bonds. The van der Waals surface area contributed by atoms with Crippen LogP contribution in [0.5, 0.6) is 0 Å². The van der Waals surface area contributed by atoms with Gasteiger partial charge in [0.2, 0.25) is 11.8 Å². The molecule has 1 heterocycles. The normalized spacial score (nSPS) is 33.1. The Labute approximate surface area is 118 Å². The maximum Gasteiger partial charge on any atom is 0.306 e. The molecule has 1 aliphatic heterocycles. The Hall–Kier alpha value is -1.39. The van der Waals surface area contributed by atoms with E-state index in [1.165, 1.54) is 4.90 Å². The number of nitrogens with zero attached hydrogens (tertiary/aromatic N) is 1. The molecule has 0 aromatic rings. The van der Waals surface area contributed by atoms with Crippen molar-refractivity contribution < 1.29 is 19.5 Å². The standard InChI is InChI=1S/C15H21NO4/c17-12-9-15(6-2-1-3-7-15)14(20)16(12)11-5-4-10(8-11)13(18)19/h10-11H,1-9H2,(H,18,19)/t10-,11+/m1/s1. The van der Waals surface area contributed by atoms with Gasteiger partial charge in [0.15, 0.2) is 0 Å². The summed E-state index contributed by atoms with van der Waals surface area (Å²) in [5.74, 6) is -1.30. The van der Waals surface area contributed by atoms with E-state index >= 15 is 0 Å². The van der Waals surface area contributed by atoms with Crippen molar-refractivity contribution in [3.05, 3.63) is 0 Å². The van der Waals surface area contributed by atoms with Crippen molar-refractivity contribution in [2.75, 3.05) is 0 Å². The summed E-state index contributed by atoms with van der Waals surface area (Å²) in [7, 11) is 0. The second-order valence-electron chi connectivity index (χ2n) is 6.59. The number of carbonyl (C=O) groups is 3. The zero-order chi connectivity index (χ0) is 14.3. The van der Waals surface area contributed by atoms with Gasteiger partial charge in [-0.3, -0.25) is 19.3 Å². The Bertz CT molecular complexity index is 453. The van der Waals surface area contributed by atoms with Crippen LogP contribution < -0.4 is 0 Å². The first-order valence-electron chi connectivity index (χ1n) is 7.63. The van der Waals surface area contributed by atoms with Gasteiger partial charge in [0.25, 0.3) is 0 Å². The minimum atomic E-state index is -0.807. The summed E-state index contributed by atoms with van der Waals surface area (Å²) in [6, 6.07) is -0.183. The highest BCUT2D eigenvalue weighted by Gasteiger charge is 2.54. The van der Waals surface area contributed by atoms with E-state index in [-0.39, 0.29) is 17.9 Å². The predicted octanol–water partition coefficient (Wildman–Crippen LogP) is 1.95. The van der Waals surface area contributed by atoms with Crippen LogP contribution in [0.25, 0.3) is 0 Å². The van der Waals surface area contributed by atoms with Gasteiger partial charge in [-0.05, 0) is 32.1 Å². The molecular weight excluding hydrogens is 258 g/mol. The van der Waals surface area contributed by atoms with Crippen LogP contribution in [0.1, 0.15) is 57.8 Å². The molecule has 0 unspecified atom stereocenters. The van der Waals surface area contributed by atoms with E-state index in [0.717, 1.165) is 32.1 Å². The van der Waals surface area contributed by atoms with Crippen molar-refractivity contribution in [1.29, 1.82) is 0 Å². The number of rotatable bonds is 2. The van der Waals surface area contributed by atoms with E-state index in [2.05, 4.69) is 0 Å². The van der Waals surface area contributed by atoms with Gasteiger partial charge in [-0.1, -0.05) is 19.3 Å². The topological polar surface area (TPSA) is 74.7 Å². The lowest BCUT2D eigenvalue weighted by atomic mass is 9.73. The number of hydrogen-bond donors (Lipinski definition) is 1. The van der Waals surface area contributed by atoms with E-state index in [9.17, 15) is 14.4 Å². The van der Waals surface area contributed by atoms with Gasteiger partial charge in [-0.25, -0.2) is 0 Å². The van der Waals surface area contributed by atoms with Gasteiger partial charge in [0.1, 0.15) is 0 Å². The number of likely N-dealkylation sites (tertiary alicyclic amines) is 1. The van der Waals surface area contributed by atoms with E-state index < -0.39 is 17.3 Å². The Morgan fingerprint density at radius 2 is 1.85 bits per heavy atom. The number of carbonyl (C=O) groups excluding carboxylic acids is 2. The molecule has 110 valence electrons. The molecule has 5 nitrogen and oxygen atoms in total. The quantitative estimate of drug-likeness (QED) is 0.784. The summed E-state index contributed by atoms with van der Waals surface area (Å²) in [5.41, 5.74) is -0.448. The second kappa shape index (κ2) is 4.86. The van der Waals surface area contributed by atoms with Gasteiger partial charge in [0, 0.05) is 12.5 Å². The third kappa shape index (κ3) is 2.03. The first-order chi connectivity index (χ1) is 9.53. The van der Waals surface area contributed by atoms with Crippen molar-refractivity contribution in [3.63, 3.8) is 0 Å². The lowest BCUT2D eigenvalue weighted by molar-refractivity contribution is -0.146. The average Bonchev–Trinajstić information content (AvgIpc) is 2.96. The summed E-state index contributed by atoms with van der Waals surface area (Å²) >= 11 is 0. The third-order valence-corrected chi connectivity index (χ3v) is 5.36. The van der Waals surface area contributed by atoms with Crippen molar-refractivity contribution >= 4 is 17.8 Å². The Morgan fingerprint density at radius 1 is 1.15 bits per heavy atom. The number of carboxylic acids is 1. The van der Waals surface area contributed by atoms with Gasteiger partial charge >= 0.3 is 5.97 Å². The fourth-order valence-electron chi connectivity index (χ4n) is 4.22. The highest BCUT2D eigenvalue weighted by atomic mass is 16.4. The number of imide groups is 1. The third-order valence-electron chi connectivity index (χ3n) is 5.36. The predicted molar refractivity (Wildman–Crippen MR) is 70.8 cm³/mol. The molecule has 3 aliphatic rings. The molecule has 0 radical (unpaired) electrons. The van der Waals surface area contributed by atoms with Crippen molar-refractivity contribution in [3.8, 4) is 0 Å². The van der Waals surface area contributed by atoms with Gasteiger partial charge in [-0.15, -0.1) is 0 Å². The maximum atomic E-state index is 12.7. The summed E-state index contributed by atoms with van der Waals surface area (Å²) < 4.78 is 0. The molecule has 0 bridgehead atoms. The fourth-order valence-corrected chi connectivity index (χ4v) is 4.22. The second-order valence-corrected chi connectivity index (χ2v) is 6.59. The minimum Gasteiger partial charge on any atom is -0.481 e. The molecule has 0 aromatic heterocycles. The number of carboxylic acid groups (broad SMARTS) is 1. The molecule has 2 atom stereocenters.